The molecule has 0 atom stereocenters. The molecular formula is C19H11FN6O7. The topological polar surface area (TPSA) is 180 Å². The molecule has 0 bridgehead atoms. The summed E-state index contributed by atoms with van der Waals surface area (Å²) in [6.07, 6.45) is 0.804. The highest BCUT2D eigenvalue weighted by molar-refractivity contribution is 5.65. The van der Waals surface area contributed by atoms with Crippen LogP contribution in [0.25, 0.3) is 22.8 Å². The summed E-state index contributed by atoms with van der Waals surface area (Å²) >= 11 is 0. The Kier molecular flexibility index (Phi) is 5.31. The Bertz CT molecular complexity index is 1470. The van der Waals surface area contributed by atoms with Crippen molar-refractivity contribution in [2.24, 2.45) is 0 Å². The van der Waals surface area contributed by atoms with Crippen LogP contribution < -0.4 is 11.2 Å². The predicted molar refractivity (Wildman–Crippen MR) is 109 cm³/mol. The van der Waals surface area contributed by atoms with Gasteiger partial charge in [0.05, 0.1) is 34.2 Å². The van der Waals surface area contributed by atoms with Crippen LogP contribution in [0.3, 0.4) is 0 Å². The Morgan fingerprint density at radius 2 is 1.64 bits per heavy atom. The number of benzene rings is 2. The van der Waals surface area contributed by atoms with E-state index in [0.717, 1.165) is 29.0 Å². The molecule has 0 aliphatic heterocycles. The molecule has 0 fully saturated rings. The summed E-state index contributed by atoms with van der Waals surface area (Å²) in [4.78, 5) is 49.5. The Labute approximate surface area is 181 Å². The van der Waals surface area contributed by atoms with Gasteiger partial charge in [-0.3, -0.25) is 34.6 Å². The number of aromatic nitrogens is 4. The van der Waals surface area contributed by atoms with Crippen molar-refractivity contribution < 1.29 is 18.8 Å². The maximum absolute atomic E-state index is 13.4. The molecular weight excluding hydrogens is 443 g/mol. The van der Waals surface area contributed by atoms with E-state index in [1.165, 1.54) is 0 Å². The Morgan fingerprint density at radius 1 is 1.00 bits per heavy atom. The van der Waals surface area contributed by atoms with E-state index in [1.54, 1.807) is 24.3 Å². The van der Waals surface area contributed by atoms with Gasteiger partial charge >= 0.3 is 5.69 Å². The molecule has 1 N–H and O–H groups in total. The lowest BCUT2D eigenvalue weighted by molar-refractivity contribution is -0.394. The minimum absolute atomic E-state index is 0.00532. The van der Waals surface area contributed by atoms with Gasteiger partial charge in [0.15, 0.2) is 0 Å². The zero-order valence-corrected chi connectivity index (χ0v) is 16.3. The van der Waals surface area contributed by atoms with Crippen molar-refractivity contribution in [2.45, 2.75) is 6.54 Å². The average Bonchev–Trinajstić information content (AvgIpc) is 3.28. The number of nitrogens with one attached hydrogen (secondary N) is 1. The molecule has 166 valence electrons. The van der Waals surface area contributed by atoms with Crippen molar-refractivity contribution in [3.63, 3.8) is 0 Å². The molecule has 4 aromatic rings. The van der Waals surface area contributed by atoms with Crippen LogP contribution in [-0.2, 0) is 6.54 Å². The molecule has 2 heterocycles. The van der Waals surface area contributed by atoms with Crippen LogP contribution in [0.15, 0.2) is 62.8 Å². The number of hydrogen-bond acceptors (Lipinski definition) is 9. The summed E-state index contributed by atoms with van der Waals surface area (Å²) in [5, 5.41) is 25.9. The smallest absolute Gasteiger partial charge is 0.328 e. The maximum Gasteiger partial charge on any atom is 0.328 e. The molecule has 14 heteroatoms. The fourth-order valence-electron chi connectivity index (χ4n) is 2.94. The maximum atomic E-state index is 13.4. The molecule has 0 spiro atoms. The van der Waals surface area contributed by atoms with E-state index in [2.05, 4.69) is 10.1 Å². The molecule has 0 aliphatic rings. The van der Waals surface area contributed by atoms with Gasteiger partial charge in [-0.1, -0.05) is 29.4 Å². The second kappa shape index (κ2) is 8.26. The van der Waals surface area contributed by atoms with Crippen molar-refractivity contribution in [1.82, 2.24) is 19.7 Å². The van der Waals surface area contributed by atoms with Gasteiger partial charge in [0, 0.05) is 17.7 Å². The third kappa shape index (κ3) is 4.39. The highest BCUT2D eigenvalue weighted by Crippen LogP contribution is 2.30. The lowest BCUT2D eigenvalue weighted by Crippen LogP contribution is -2.31. The second-order valence-electron chi connectivity index (χ2n) is 6.74. The fourth-order valence-corrected chi connectivity index (χ4v) is 2.94. The molecule has 2 aromatic carbocycles. The first-order chi connectivity index (χ1) is 15.7. The third-order valence-corrected chi connectivity index (χ3v) is 4.53. The van der Waals surface area contributed by atoms with Crippen LogP contribution in [0.1, 0.15) is 5.56 Å². The number of H-pyrrole nitrogens is 1. The van der Waals surface area contributed by atoms with E-state index in [0.29, 0.717) is 11.1 Å². The van der Waals surface area contributed by atoms with Gasteiger partial charge < -0.3 is 4.52 Å². The van der Waals surface area contributed by atoms with Gasteiger partial charge in [-0.2, -0.15) is 9.37 Å². The van der Waals surface area contributed by atoms with Crippen LogP contribution in [0.5, 0.6) is 0 Å². The number of halogens is 1. The number of nitro benzene ring substituents is 2. The molecule has 0 radical (unpaired) electrons. The number of rotatable bonds is 6. The molecule has 0 saturated carbocycles. The molecule has 4 rings (SSSR count). The third-order valence-electron chi connectivity index (χ3n) is 4.53. The van der Waals surface area contributed by atoms with E-state index in [9.17, 15) is 34.2 Å². The van der Waals surface area contributed by atoms with Gasteiger partial charge in [-0.05, 0) is 5.56 Å². The van der Waals surface area contributed by atoms with E-state index >= 15 is 0 Å². The number of non-ortho nitro benzene ring substituents is 2. The van der Waals surface area contributed by atoms with Crippen molar-refractivity contribution in [3.05, 3.63) is 101 Å². The molecule has 0 unspecified atom stereocenters. The molecule has 0 aliphatic carbocycles. The van der Waals surface area contributed by atoms with Crippen molar-refractivity contribution >= 4 is 11.4 Å². The Balaban J connectivity index is 1.60. The number of aromatic amines is 1. The van der Waals surface area contributed by atoms with Crippen molar-refractivity contribution in [3.8, 4) is 22.8 Å². The highest BCUT2D eigenvalue weighted by atomic mass is 19.1. The summed E-state index contributed by atoms with van der Waals surface area (Å²) in [6.45, 7) is -0.0122. The largest absolute Gasteiger partial charge is 0.334 e. The van der Waals surface area contributed by atoms with E-state index in [-0.39, 0.29) is 23.8 Å². The van der Waals surface area contributed by atoms with Crippen molar-refractivity contribution in [2.75, 3.05) is 0 Å². The Morgan fingerprint density at radius 3 is 2.24 bits per heavy atom. The summed E-state index contributed by atoms with van der Waals surface area (Å²) in [7, 11) is 0. The SMILES string of the molecule is O=c1[nH]c(=O)n(Cc2ccc(-c3noc(-c4cc([N+](=O)[O-])cc([N+](=O)[O-])c4)n3)cc2)cc1F. The average molecular weight is 454 g/mol. The number of nitrogens with zero attached hydrogens (tertiary/aromatic N) is 5. The van der Waals surface area contributed by atoms with Crippen LogP contribution in [0.4, 0.5) is 15.8 Å². The number of nitro groups is 2. The molecule has 33 heavy (non-hydrogen) atoms. The summed E-state index contributed by atoms with van der Waals surface area (Å²) in [6, 6.07) is 9.37. The molecule has 0 amide bonds. The molecule has 2 aromatic heterocycles. The lowest BCUT2D eigenvalue weighted by atomic mass is 10.1. The summed E-state index contributed by atoms with van der Waals surface area (Å²) in [5.74, 6) is -1.14. The first-order valence-corrected chi connectivity index (χ1v) is 9.08. The summed E-state index contributed by atoms with van der Waals surface area (Å²) < 4.78 is 19.5. The van der Waals surface area contributed by atoms with Crippen LogP contribution in [0.2, 0.25) is 0 Å². The number of hydrogen-bond donors (Lipinski definition) is 1. The van der Waals surface area contributed by atoms with Gasteiger partial charge in [-0.25, -0.2) is 4.79 Å². The van der Waals surface area contributed by atoms with Gasteiger partial charge in [0.1, 0.15) is 0 Å². The van der Waals surface area contributed by atoms with E-state index < -0.39 is 38.3 Å². The van der Waals surface area contributed by atoms with E-state index in [4.69, 9.17) is 4.52 Å². The monoisotopic (exact) mass is 454 g/mol. The van der Waals surface area contributed by atoms with Crippen LogP contribution in [-0.4, -0.2) is 29.5 Å². The first-order valence-electron chi connectivity index (χ1n) is 9.08. The van der Waals surface area contributed by atoms with Crippen molar-refractivity contribution in [1.29, 1.82) is 0 Å². The first kappa shape index (κ1) is 21.2. The second-order valence-corrected chi connectivity index (χ2v) is 6.74. The molecule has 13 nitrogen and oxygen atoms in total. The molecule has 0 saturated heterocycles. The Hall–Kier alpha value is -5.01. The highest BCUT2D eigenvalue weighted by Gasteiger charge is 2.20. The predicted octanol–water partition coefficient (Wildman–Crippen LogP) is 2.26. The van der Waals surface area contributed by atoms with Gasteiger partial charge in [0.2, 0.25) is 11.6 Å². The lowest BCUT2D eigenvalue weighted by Gasteiger charge is -2.05. The van der Waals surface area contributed by atoms with Gasteiger partial charge in [-0.15, -0.1) is 0 Å². The zero-order valence-electron chi connectivity index (χ0n) is 16.3. The quantitative estimate of drug-likeness (QED) is 0.337. The van der Waals surface area contributed by atoms with E-state index in [1.807, 2.05) is 4.98 Å². The fraction of sp³-hybridized carbons (Fsp3) is 0.0526. The van der Waals surface area contributed by atoms with Gasteiger partial charge in [0.25, 0.3) is 22.8 Å². The minimum atomic E-state index is -1.10. The van der Waals surface area contributed by atoms with Crippen LogP contribution in [0, 0.1) is 26.0 Å². The minimum Gasteiger partial charge on any atom is -0.334 e. The zero-order chi connectivity index (χ0) is 23.7. The van der Waals surface area contributed by atoms with Crippen LogP contribution >= 0.6 is 0 Å². The normalized spacial score (nSPS) is 10.8. The standard InChI is InChI=1S/C19H11FN6O7/c20-15-9-24(19(28)22-17(15)27)8-10-1-3-11(4-2-10)16-21-18(33-23-16)12-5-13(25(29)30)7-14(6-12)26(31)32/h1-7,9H,8H2,(H,22,27,28). The summed E-state index contributed by atoms with van der Waals surface area (Å²) in [5.41, 5.74) is -1.79.